The summed E-state index contributed by atoms with van der Waals surface area (Å²) in [5.74, 6) is -1.22. The summed E-state index contributed by atoms with van der Waals surface area (Å²) in [4.78, 5) is 21.1. The molecular weight excluding hydrogens is 264 g/mol. The molecule has 1 rings (SSSR count). The molecule has 0 spiro atoms. The quantitative estimate of drug-likeness (QED) is 0.522. The van der Waals surface area contributed by atoms with Crippen molar-refractivity contribution in [2.45, 2.75) is 32.3 Å². The van der Waals surface area contributed by atoms with Gasteiger partial charge in [0.2, 0.25) is 0 Å². The molecule has 0 atom stereocenters. The lowest BCUT2D eigenvalue weighted by Gasteiger charge is -2.25. The van der Waals surface area contributed by atoms with Crippen molar-refractivity contribution < 1.29 is 19.9 Å². The van der Waals surface area contributed by atoms with Crippen molar-refractivity contribution in [2.75, 3.05) is 11.9 Å². The maximum Gasteiger partial charge on any atom is 0.335 e. The van der Waals surface area contributed by atoms with E-state index in [-0.39, 0.29) is 23.5 Å². The molecule has 0 fully saturated rings. The molecule has 3 N–H and O–H groups in total. The first-order chi connectivity index (χ1) is 9.33. The number of aromatic carboxylic acids is 1. The number of aliphatic hydroxyl groups is 1. The Morgan fingerprint density at radius 3 is 2.45 bits per heavy atom. The highest BCUT2D eigenvalue weighted by molar-refractivity contribution is 5.89. The fourth-order valence-corrected chi connectivity index (χ4v) is 1.72. The first-order valence-electron chi connectivity index (χ1n) is 6.31. The molecule has 0 aliphatic carbocycles. The maximum absolute atomic E-state index is 11.0. The van der Waals surface area contributed by atoms with Crippen LogP contribution in [0.1, 0.15) is 37.0 Å². The molecule has 110 valence electrons. The number of nitro groups is 1. The smallest absolute Gasteiger partial charge is 0.335 e. The Morgan fingerprint density at radius 2 is 2.00 bits per heavy atom. The van der Waals surface area contributed by atoms with Crippen molar-refractivity contribution in [3.63, 3.8) is 0 Å². The van der Waals surface area contributed by atoms with Gasteiger partial charge in [0, 0.05) is 12.6 Å². The van der Waals surface area contributed by atoms with Crippen molar-refractivity contribution in [2.24, 2.45) is 0 Å². The number of carboxylic acids is 1. The van der Waals surface area contributed by atoms with Gasteiger partial charge in [0.15, 0.2) is 0 Å². The summed E-state index contributed by atoms with van der Waals surface area (Å²) in [6.45, 7) is 3.81. The molecule has 0 unspecified atom stereocenters. The first-order valence-corrected chi connectivity index (χ1v) is 6.31. The van der Waals surface area contributed by atoms with Crippen LogP contribution in [-0.2, 0) is 0 Å². The summed E-state index contributed by atoms with van der Waals surface area (Å²) in [6, 6.07) is 3.63. The van der Waals surface area contributed by atoms with Crippen LogP contribution in [0, 0.1) is 10.1 Å². The molecule has 0 radical (unpaired) electrons. The molecule has 0 amide bonds. The van der Waals surface area contributed by atoms with Crippen molar-refractivity contribution in [1.29, 1.82) is 0 Å². The van der Waals surface area contributed by atoms with E-state index in [0.29, 0.717) is 12.8 Å². The molecule has 0 aromatic heterocycles. The highest BCUT2D eigenvalue weighted by Gasteiger charge is 2.24. The molecule has 7 heteroatoms. The lowest BCUT2D eigenvalue weighted by atomic mass is 9.97. The van der Waals surface area contributed by atoms with Crippen LogP contribution >= 0.6 is 0 Å². The number of rotatable bonds is 7. The number of hydrogen-bond donors (Lipinski definition) is 3. The van der Waals surface area contributed by atoms with E-state index in [1.807, 2.05) is 13.8 Å². The van der Waals surface area contributed by atoms with Gasteiger partial charge in [-0.05, 0) is 25.0 Å². The highest BCUT2D eigenvalue weighted by Crippen LogP contribution is 2.27. The summed E-state index contributed by atoms with van der Waals surface area (Å²) in [5.41, 5.74) is -1.22. The Bertz CT molecular complexity index is 511. The van der Waals surface area contributed by atoms with E-state index in [4.69, 9.17) is 5.11 Å². The molecule has 20 heavy (non-hydrogen) atoms. The Kier molecular flexibility index (Phi) is 5.04. The molecular formula is C13H18N2O5. The zero-order chi connectivity index (χ0) is 15.3. The second-order valence-electron chi connectivity index (χ2n) is 4.58. The van der Waals surface area contributed by atoms with E-state index in [2.05, 4.69) is 5.32 Å². The number of nitro benzene ring substituents is 1. The Hall–Kier alpha value is -2.15. The van der Waals surface area contributed by atoms with Gasteiger partial charge in [-0.15, -0.1) is 0 Å². The minimum absolute atomic E-state index is 0.150. The zero-order valence-electron chi connectivity index (χ0n) is 11.4. The van der Waals surface area contributed by atoms with Crippen molar-refractivity contribution in [3.05, 3.63) is 33.9 Å². The monoisotopic (exact) mass is 282 g/mol. The van der Waals surface area contributed by atoms with Crippen molar-refractivity contribution in [3.8, 4) is 0 Å². The zero-order valence-corrected chi connectivity index (χ0v) is 11.4. The maximum atomic E-state index is 11.0. The van der Waals surface area contributed by atoms with Gasteiger partial charge in [0.25, 0.3) is 5.69 Å². The second kappa shape index (κ2) is 6.33. The molecule has 0 saturated carbocycles. The summed E-state index contributed by atoms with van der Waals surface area (Å²) in [6.07, 6.45) is 1.02. The van der Waals surface area contributed by atoms with E-state index in [0.717, 1.165) is 6.07 Å². The summed E-state index contributed by atoms with van der Waals surface area (Å²) < 4.78 is 0. The third-order valence-corrected chi connectivity index (χ3v) is 3.37. The molecule has 0 saturated heterocycles. The predicted octanol–water partition coefficient (Wildman–Crippen LogP) is 2.26. The topological polar surface area (TPSA) is 113 Å². The lowest BCUT2D eigenvalue weighted by molar-refractivity contribution is -0.384. The average molecular weight is 282 g/mol. The van der Waals surface area contributed by atoms with Gasteiger partial charge in [-0.25, -0.2) is 4.79 Å². The number of carboxylic acid groups (broad SMARTS) is 1. The van der Waals surface area contributed by atoms with E-state index in [1.165, 1.54) is 12.1 Å². The largest absolute Gasteiger partial charge is 0.478 e. The normalized spacial score (nSPS) is 11.2. The van der Waals surface area contributed by atoms with Gasteiger partial charge < -0.3 is 15.5 Å². The molecule has 1 aromatic carbocycles. The average Bonchev–Trinajstić information content (AvgIpc) is 2.44. The highest BCUT2D eigenvalue weighted by atomic mass is 16.6. The number of anilines is 1. The second-order valence-corrected chi connectivity index (χ2v) is 4.58. The molecule has 0 bridgehead atoms. The number of nitrogens with one attached hydrogen (secondary N) is 1. The van der Waals surface area contributed by atoms with E-state index < -0.39 is 16.5 Å². The van der Waals surface area contributed by atoms with Gasteiger partial charge >= 0.3 is 5.97 Å². The molecule has 0 aliphatic heterocycles. The SMILES string of the molecule is CCC(O)(CC)CNc1ccc(C(=O)O)cc1[N+](=O)[O-]. The van der Waals surface area contributed by atoms with Crippen LogP contribution in [0.15, 0.2) is 18.2 Å². The van der Waals surface area contributed by atoms with Crippen molar-refractivity contribution in [1.82, 2.24) is 0 Å². The molecule has 0 aliphatic rings. The molecule has 1 aromatic rings. The Morgan fingerprint density at radius 1 is 1.40 bits per heavy atom. The van der Waals surface area contributed by atoms with Gasteiger partial charge in [-0.1, -0.05) is 13.8 Å². The molecule has 7 nitrogen and oxygen atoms in total. The third-order valence-electron chi connectivity index (χ3n) is 3.37. The summed E-state index contributed by atoms with van der Waals surface area (Å²) in [5, 5.41) is 32.8. The van der Waals surface area contributed by atoms with Crippen LogP contribution in [0.3, 0.4) is 0 Å². The van der Waals surface area contributed by atoms with Gasteiger partial charge in [0.1, 0.15) is 5.69 Å². The Labute approximate surface area is 116 Å². The van der Waals surface area contributed by atoms with Crippen LogP contribution in [0.5, 0.6) is 0 Å². The number of hydrogen-bond acceptors (Lipinski definition) is 5. The minimum atomic E-state index is -1.22. The fourth-order valence-electron chi connectivity index (χ4n) is 1.72. The van der Waals surface area contributed by atoms with Crippen molar-refractivity contribution >= 4 is 17.3 Å². The van der Waals surface area contributed by atoms with Gasteiger partial charge in [0.05, 0.1) is 16.1 Å². The van der Waals surface area contributed by atoms with Crippen LogP contribution in [-0.4, -0.2) is 33.3 Å². The Balaban J connectivity index is 3.01. The minimum Gasteiger partial charge on any atom is -0.478 e. The van der Waals surface area contributed by atoms with E-state index in [1.54, 1.807) is 0 Å². The fraction of sp³-hybridized carbons (Fsp3) is 0.462. The number of benzene rings is 1. The van der Waals surface area contributed by atoms with Crippen LogP contribution in [0.25, 0.3) is 0 Å². The predicted molar refractivity (Wildman–Crippen MR) is 74.1 cm³/mol. The molecule has 0 heterocycles. The van der Waals surface area contributed by atoms with E-state index >= 15 is 0 Å². The van der Waals surface area contributed by atoms with Crippen LogP contribution in [0.4, 0.5) is 11.4 Å². The summed E-state index contributed by atoms with van der Waals surface area (Å²) in [7, 11) is 0. The number of carbonyl (C=O) groups is 1. The van der Waals surface area contributed by atoms with Crippen LogP contribution < -0.4 is 5.32 Å². The van der Waals surface area contributed by atoms with Gasteiger partial charge in [-0.2, -0.15) is 0 Å². The third kappa shape index (κ3) is 3.67. The number of nitrogens with zero attached hydrogens (tertiary/aromatic N) is 1. The summed E-state index contributed by atoms with van der Waals surface area (Å²) >= 11 is 0. The van der Waals surface area contributed by atoms with E-state index in [9.17, 15) is 20.0 Å². The van der Waals surface area contributed by atoms with Crippen LogP contribution in [0.2, 0.25) is 0 Å². The lowest BCUT2D eigenvalue weighted by Crippen LogP contribution is -2.35. The van der Waals surface area contributed by atoms with Gasteiger partial charge in [-0.3, -0.25) is 10.1 Å². The first kappa shape index (κ1) is 15.9. The standard InChI is InChI=1S/C13H18N2O5/c1-3-13(18,4-2)8-14-10-6-5-9(12(16)17)7-11(10)15(19)20/h5-7,14,18H,3-4,8H2,1-2H3,(H,16,17).